The summed E-state index contributed by atoms with van der Waals surface area (Å²) in [5, 5.41) is 12.1. The van der Waals surface area contributed by atoms with Gasteiger partial charge in [0.1, 0.15) is 4.70 Å². The molecule has 3 aromatic rings. The molecule has 11 heteroatoms. The third-order valence-corrected chi connectivity index (χ3v) is 5.20. The molecule has 27 heavy (non-hydrogen) atoms. The molecule has 0 atom stereocenters. The van der Waals surface area contributed by atoms with Crippen LogP contribution in [0.25, 0.3) is 10.3 Å². The van der Waals surface area contributed by atoms with Crippen LogP contribution in [-0.2, 0) is 10.5 Å². The number of anilines is 1. The zero-order valence-corrected chi connectivity index (χ0v) is 15.6. The number of fused-ring (bicyclic) bond motifs is 1. The maximum Gasteiger partial charge on any atom is 0.306 e. The molecule has 0 saturated carbocycles. The van der Waals surface area contributed by atoms with Crippen molar-refractivity contribution < 1.29 is 18.6 Å². The van der Waals surface area contributed by atoms with Crippen molar-refractivity contribution in [1.29, 1.82) is 0 Å². The number of hydrogen-bond acceptors (Lipinski definition) is 8. The van der Waals surface area contributed by atoms with Crippen molar-refractivity contribution in [2.45, 2.75) is 10.9 Å². The number of ether oxygens (including phenoxy) is 1. The molecule has 0 bridgehead atoms. The summed E-state index contributed by atoms with van der Waals surface area (Å²) in [4.78, 5) is 22.6. The fraction of sp³-hybridized carbons (Fsp3) is 0.312. The number of nitrogens with one attached hydrogen (secondary N) is 2. The number of aromatic nitrogens is 3. The second-order valence-corrected chi connectivity index (χ2v) is 7.24. The molecule has 0 amide bonds. The zero-order valence-electron chi connectivity index (χ0n) is 14.0. The van der Waals surface area contributed by atoms with E-state index >= 15 is 0 Å². The maximum absolute atomic E-state index is 13.8. The molecular formula is C16H16F2N4O3S2. The van der Waals surface area contributed by atoms with Crippen LogP contribution in [0.1, 0.15) is 5.56 Å². The van der Waals surface area contributed by atoms with E-state index in [0.29, 0.717) is 34.5 Å². The average molecular weight is 414 g/mol. The molecule has 2 aromatic heterocycles. The Kier molecular flexibility index (Phi) is 6.72. The van der Waals surface area contributed by atoms with Gasteiger partial charge in [-0.15, -0.1) is 0 Å². The van der Waals surface area contributed by atoms with Gasteiger partial charge in [0.05, 0.1) is 19.8 Å². The number of thioether (sulfide) groups is 1. The zero-order chi connectivity index (χ0) is 19.2. The Labute approximate surface area is 160 Å². The third kappa shape index (κ3) is 5.01. The molecular weight excluding hydrogens is 398 g/mol. The van der Waals surface area contributed by atoms with Crippen LogP contribution in [-0.4, -0.2) is 46.4 Å². The highest BCUT2D eigenvalue weighted by atomic mass is 32.2. The molecule has 0 aliphatic rings. The van der Waals surface area contributed by atoms with Gasteiger partial charge in [0.25, 0.3) is 0 Å². The molecule has 144 valence electrons. The Balaban J connectivity index is 1.76. The van der Waals surface area contributed by atoms with Crippen molar-refractivity contribution in [3.05, 3.63) is 45.1 Å². The van der Waals surface area contributed by atoms with Crippen LogP contribution in [0.3, 0.4) is 0 Å². The van der Waals surface area contributed by atoms with Crippen LogP contribution in [0.4, 0.5) is 14.6 Å². The summed E-state index contributed by atoms with van der Waals surface area (Å²) < 4.78 is 32.9. The van der Waals surface area contributed by atoms with Gasteiger partial charge in [-0.05, 0) is 6.07 Å². The first-order valence-electron chi connectivity index (χ1n) is 7.97. The monoisotopic (exact) mass is 414 g/mol. The van der Waals surface area contributed by atoms with Gasteiger partial charge in [-0.2, -0.15) is 0 Å². The molecule has 7 nitrogen and oxygen atoms in total. The fourth-order valence-corrected chi connectivity index (χ4v) is 3.78. The van der Waals surface area contributed by atoms with Crippen molar-refractivity contribution in [3.63, 3.8) is 0 Å². The lowest BCUT2D eigenvalue weighted by Crippen LogP contribution is -2.12. The quantitative estimate of drug-likeness (QED) is 0.281. The first-order chi connectivity index (χ1) is 13.1. The van der Waals surface area contributed by atoms with Gasteiger partial charge in [0, 0.05) is 17.9 Å². The Morgan fingerprint density at radius 2 is 2.15 bits per heavy atom. The number of H-pyrrole nitrogens is 1. The van der Waals surface area contributed by atoms with Gasteiger partial charge in [0.2, 0.25) is 0 Å². The van der Waals surface area contributed by atoms with Crippen molar-refractivity contribution in [2.24, 2.45) is 0 Å². The van der Waals surface area contributed by atoms with Crippen LogP contribution in [0.2, 0.25) is 0 Å². The predicted molar refractivity (Wildman–Crippen MR) is 100 cm³/mol. The SMILES string of the molecule is O=c1[nH]c2nc(SCc3cccc(F)c3F)nc(NCCOCCO)c2s1. The summed E-state index contributed by atoms with van der Waals surface area (Å²) in [7, 11) is 0. The van der Waals surface area contributed by atoms with Crippen LogP contribution in [0.15, 0.2) is 28.2 Å². The van der Waals surface area contributed by atoms with Crippen LogP contribution >= 0.6 is 23.1 Å². The summed E-state index contributed by atoms with van der Waals surface area (Å²) in [6.07, 6.45) is 0. The summed E-state index contributed by atoms with van der Waals surface area (Å²) in [5.41, 5.74) is 0.579. The number of hydrogen-bond donors (Lipinski definition) is 3. The molecule has 2 heterocycles. The van der Waals surface area contributed by atoms with Gasteiger partial charge in [-0.25, -0.2) is 18.7 Å². The van der Waals surface area contributed by atoms with E-state index in [1.54, 1.807) is 0 Å². The molecule has 0 fully saturated rings. The molecule has 0 saturated heterocycles. The molecule has 1 aromatic carbocycles. The Morgan fingerprint density at radius 1 is 1.30 bits per heavy atom. The highest BCUT2D eigenvalue weighted by molar-refractivity contribution is 7.98. The Bertz CT molecular complexity index is 980. The summed E-state index contributed by atoms with van der Waals surface area (Å²) in [6.45, 7) is 0.941. The lowest BCUT2D eigenvalue weighted by molar-refractivity contribution is 0.0992. The number of rotatable bonds is 9. The Hall–Kier alpha value is -2.08. The summed E-state index contributed by atoms with van der Waals surface area (Å²) in [5.74, 6) is -1.20. The average Bonchev–Trinajstić information content (AvgIpc) is 3.03. The number of thiazole rings is 1. The van der Waals surface area contributed by atoms with Crippen molar-refractivity contribution >= 4 is 39.3 Å². The van der Waals surface area contributed by atoms with Gasteiger partial charge in [-0.3, -0.25) is 9.78 Å². The van der Waals surface area contributed by atoms with Crippen LogP contribution in [0.5, 0.6) is 0 Å². The van der Waals surface area contributed by atoms with Crippen LogP contribution in [0, 0.1) is 11.6 Å². The van der Waals surface area contributed by atoms with Gasteiger partial charge >= 0.3 is 4.87 Å². The summed E-state index contributed by atoms with van der Waals surface area (Å²) in [6, 6.07) is 3.99. The summed E-state index contributed by atoms with van der Waals surface area (Å²) >= 11 is 2.11. The Morgan fingerprint density at radius 3 is 2.96 bits per heavy atom. The number of halogens is 2. The van der Waals surface area contributed by atoms with E-state index in [-0.39, 0.29) is 29.4 Å². The second kappa shape index (κ2) is 9.22. The van der Waals surface area contributed by atoms with E-state index < -0.39 is 11.6 Å². The lowest BCUT2D eigenvalue weighted by atomic mass is 10.2. The molecule has 0 radical (unpaired) electrons. The molecule has 0 unspecified atom stereocenters. The normalized spacial score (nSPS) is 11.2. The molecule has 3 rings (SSSR count). The number of aliphatic hydroxyl groups is 1. The molecule has 0 aliphatic carbocycles. The van der Waals surface area contributed by atoms with Crippen molar-refractivity contribution in [2.75, 3.05) is 31.7 Å². The topological polar surface area (TPSA) is 100 Å². The third-order valence-electron chi connectivity index (χ3n) is 3.42. The predicted octanol–water partition coefficient (Wildman–Crippen LogP) is 2.37. The number of aliphatic hydroxyl groups excluding tert-OH is 1. The minimum absolute atomic E-state index is 0.0609. The maximum atomic E-state index is 13.8. The van der Waals surface area contributed by atoms with Crippen molar-refractivity contribution in [3.8, 4) is 0 Å². The van der Waals surface area contributed by atoms with E-state index in [1.807, 2.05) is 0 Å². The number of benzene rings is 1. The van der Waals surface area contributed by atoms with E-state index in [1.165, 1.54) is 12.1 Å². The number of aromatic amines is 1. The molecule has 3 N–H and O–H groups in total. The smallest absolute Gasteiger partial charge is 0.306 e. The standard InChI is InChI=1S/C16H16F2N4O3S2/c17-10-3-1-2-9(11(10)18)8-26-15-20-13(19-4-6-25-7-5-23)12-14(21-15)22-16(24)27-12/h1-3,23H,4-8H2,(H2,19,20,21,22,24). The molecule has 0 spiro atoms. The minimum atomic E-state index is -0.906. The van der Waals surface area contributed by atoms with Crippen LogP contribution < -0.4 is 10.2 Å². The van der Waals surface area contributed by atoms with Gasteiger partial charge in [-0.1, -0.05) is 35.2 Å². The lowest BCUT2D eigenvalue weighted by Gasteiger charge is -2.09. The first-order valence-corrected chi connectivity index (χ1v) is 9.77. The van der Waals surface area contributed by atoms with E-state index in [0.717, 1.165) is 29.2 Å². The van der Waals surface area contributed by atoms with Gasteiger partial charge < -0.3 is 15.2 Å². The number of nitrogens with zero attached hydrogens (tertiary/aromatic N) is 2. The molecule has 0 aliphatic heterocycles. The largest absolute Gasteiger partial charge is 0.394 e. The highest BCUT2D eigenvalue weighted by Gasteiger charge is 2.13. The van der Waals surface area contributed by atoms with E-state index in [9.17, 15) is 13.6 Å². The van der Waals surface area contributed by atoms with Crippen molar-refractivity contribution in [1.82, 2.24) is 15.0 Å². The van der Waals surface area contributed by atoms with E-state index in [2.05, 4.69) is 20.3 Å². The van der Waals surface area contributed by atoms with Gasteiger partial charge in [0.15, 0.2) is 28.3 Å². The fourth-order valence-electron chi connectivity index (χ4n) is 2.22. The first kappa shape index (κ1) is 19.7. The van der Waals surface area contributed by atoms with E-state index in [4.69, 9.17) is 9.84 Å². The minimum Gasteiger partial charge on any atom is -0.394 e. The second-order valence-electron chi connectivity index (χ2n) is 5.31. The highest BCUT2D eigenvalue weighted by Crippen LogP contribution is 2.27.